The van der Waals surface area contributed by atoms with Crippen molar-refractivity contribution in [1.29, 1.82) is 0 Å². The lowest BCUT2D eigenvalue weighted by molar-refractivity contribution is -0.118. The van der Waals surface area contributed by atoms with Gasteiger partial charge in [-0.05, 0) is 31.8 Å². The van der Waals surface area contributed by atoms with Crippen molar-refractivity contribution in [3.05, 3.63) is 12.2 Å². The van der Waals surface area contributed by atoms with E-state index in [4.69, 9.17) is 4.74 Å². The Morgan fingerprint density at radius 3 is 2.32 bits per heavy atom. The molecule has 0 aliphatic carbocycles. The molecule has 0 atom stereocenters. The Labute approximate surface area is 115 Å². The summed E-state index contributed by atoms with van der Waals surface area (Å²) >= 11 is 0. The van der Waals surface area contributed by atoms with Crippen molar-refractivity contribution in [3.63, 3.8) is 0 Å². The zero-order chi connectivity index (χ0) is 14.5. The van der Waals surface area contributed by atoms with Crippen molar-refractivity contribution in [1.82, 2.24) is 4.90 Å². The van der Waals surface area contributed by atoms with E-state index in [1.54, 1.807) is 11.8 Å². The zero-order valence-corrected chi connectivity index (χ0v) is 12.3. The van der Waals surface area contributed by atoms with Gasteiger partial charge < -0.3 is 9.64 Å². The largest absolute Gasteiger partial charge is 0.449 e. The van der Waals surface area contributed by atoms with Crippen LogP contribution in [0.15, 0.2) is 12.2 Å². The molecule has 0 bridgehead atoms. The van der Waals surface area contributed by atoms with Gasteiger partial charge in [-0.15, -0.1) is 0 Å². The summed E-state index contributed by atoms with van der Waals surface area (Å²) in [6.07, 6.45) is 3.38. The van der Waals surface area contributed by atoms with Gasteiger partial charge in [-0.25, -0.2) is 4.79 Å². The van der Waals surface area contributed by atoms with Gasteiger partial charge in [0.15, 0.2) is 5.78 Å². The highest BCUT2D eigenvalue weighted by atomic mass is 16.6. The van der Waals surface area contributed by atoms with Crippen LogP contribution in [0.4, 0.5) is 4.79 Å². The number of piperidine rings is 1. The van der Waals surface area contributed by atoms with Crippen molar-refractivity contribution >= 4 is 11.9 Å². The van der Waals surface area contributed by atoms with Gasteiger partial charge in [-0.3, -0.25) is 4.79 Å². The van der Waals surface area contributed by atoms with Crippen LogP contribution in [-0.2, 0) is 9.53 Å². The fourth-order valence-corrected chi connectivity index (χ4v) is 2.06. The van der Waals surface area contributed by atoms with E-state index >= 15 is 0 Å². The smallest absolute Gasteiger partial charge is 0.409 e. The maximum absolute atomic E-state index is 11.9. The molecule has 19 heavy (non-hydrogen) atoms. The summed E-state index contributed by atoms with van der Waals surface area (Å²) in [5.74, 6) is 0.0269. The Hall–Kier alpha value is -1.32. The maximum Gasteiger partial charge on any atom is 0.409 e. The van der Waals surface area contributed by atoms with Crippen LogP contribution >= 0.6 is 0 Å². The molecular formula is C15H25NO3. The standard InChI is InChI=1S/C15H25NO3/c1-12(2)13(17)10-15(3,4)11-19-14(18)16-8-6-5-7-9-16/h1,5-11H2,2-4H3. The van der Waals surface area contributed by atoms with Gasteiger partial charge in [0.2, 0.25) is 0 Å². The minimum Gasteiger partial charge on any atom is -0.449 e. The quantitative estimate of drug-likeness (QED) is 0.719. The third-order valence-corrected chi connectivity index (χ3v) is 3.32. The minimum absolute atomic E-state index is 0.0269. The molecule has 108 valence electrons. The van der Waals surface area contributed by atoms with Crippen molar-refractivity contribution in [2.45, 2.75) is 46.5 Å². The molecule has 0 saturated carbocycles. The molecule has 1 amide bonds. The summed E-state index contributed by atoms with van der Waals surface area (Å²) in [7, 11) is 0. The summed E-state index contributed by atoms with van der Waals surface area (Å²) in [4.78, 5) is 25.3. The topological polar surface area (TPSA) is 46.6 Å². The first-order valence-electron chi connectivity index (χ1n) is 6.92. The molecule has 1 fully saturated rings. The maximum atomic E-state index is 11.9. The highest BCUT2D eigenvalue weighted by molar-refractivity contribution is 5.94. The molecule has 0 unspecified atom stereocenters. The van der Waals surface area contributed by atoms with Gasteiger partial charge in [0.1, 0.15) is 0 Å². The van der Waals surface area contributed by atoms with Gasteiger partial charge in [0.05, 0.1) is 6.61 Å². The third kappa shape index (κ3) is 5.45. The molecule has 1 aliphatic rings. The number of ketones is 1. The van der Waals surface area contributed by atoms with Crippen molar-refractivity contribution in [2.75, 3.05) is 19.7 Å². The predicted octanol–water partition coefficient (Wildman–Crippen LogP) is 3.17. The first-order chi connectivity index (χ1) is 8.82. The molecule has 1 rings (SSSR count). The number of hydrogen-bond acceptors (Lipinski definition) is 3. The average molecular weight is 267 g/mol. The molecule has 0 radical (unpaired) electrons. The van der Waals surface area contributed by atoms with Crippen LogP contribution in [0.25, 0.3) is 0 Å². The fraction of sp³-hybridized carbons (Fsp3) is 0.733. The van der Waals surface area contributed by atoms with Crippen LogP contribution in [0.1, 0.15) is 46.5 Å². The van der Waals surface area contributed by atoms with Gasteiger partial charge >= 0.3 is 6.09 Å². The second-order valence-corrected chi connectivity index (χ2v) is 6.15. The molecule has 0 aromatic heterocycles. The first kappa shape index (κ1) is 15.7. The Morgan fingerprint density at radius 2 is 1.79 bits per heavy atom. The highest BCUT2D eigenvalue weighted by Gasteiger charge is 2.26. The van der Waals surface area contributed by atoms with Crippen LogP contribution in [0, 0.1) is 5.41 Å². The summed E-state index contributed by atoms with van der Waals surface area (Å²) in [5.41, 5.74) is 0.206. The third-order valence-electron chi connectivity index (χ3n) is 3.32. The number of likely N-dealkylation sites (tertiary alicyclic amines) is 1. The average Bonchev–Trinajstić information content (AvgIpc) is 2.36. The number of nitrogens with zero attached hydrogens (tertiary/aromatic N) is 1. The SMILES string of the molecule is C=C(C)C(=O)CC(C)(C)COC(=O)N1CCCCC1. The predicted molar refractivity (Wildman–Crippen MR) is 75.0 cm³/mol. The fourth-order valence-electron chi connectivity index (χ4n) is 2.06. The molecular weight excluding hydrogens is 242 g/mol. The number of amides is 1. The lowest BCUT2D eigenvalue weighted by atomic mass is 9.87. The monoisotopic (exact) mass is 267 g/mol. The minimum atomic E-state index is -0.346. The molecule has 0 N–H and O–H groups in total. The summed E-state index contributed by atoms with van der Waals surface area (Å²) in [6.45, 7) is 11.0. The number of ether oxygens (including phenoxy) is 1. The van der Waals surface area contributed by atoms with E-state index in [1.165, 1.54) is 6.42 Å². The molecule has 1 aliphatic heterocycles. The van der Waals surface area contributed by atoms with E-state index in [1.807, 2.05) is 13.8 Å². The molecule has 0 aromatic rings. The summed E-state index contributed by atoms with van der Waals surface area (Å²) in [5, 5.41) is 0. The van der Waals surface area contributed by atoms with Crippen LogP contribution in [0.5, 0.6) is 0 Å². The molecule has 0 aromatic carbocycles. The normalized spacial score (nSPS) is 16.1. The number of carbonyl (C=O) groups excluding carboxylic acids is 2. The first-order valence-corrected chi connectivity index (χ1v) is 6.92. The summed E-state index contributed by atoms with van der Waals surface area (Å²) < 4.78 is 5.33. The van der Waals surface area contributed by atoms with Crippen LogP contribution < -0.4 is 0 Å². The van der Waals surface area contributed by atoms with Crippen molar-refractivity contribution < 1.29 is 14.3 Å². The van der Waals surface area contributed by atoms with Gasteiger partial charge in [-0.2, -0.15) is 0 Å². The van der Waals surface area contributed by atoms with Gasteiger partial charge in [-0.1, -0.05) is 20.4 Å². The summed E-state index contributed by atoms with van der Waals surface area (Å²) in [6, 6.07) is 0. The van der Waals surface area contributed by atoms with Crippen molar-refractivity contribution in [2.24, 2.45) is 5.41 Å². The van der Waals surface area contributed by atoms with Crippen LogP contribution in [-0.4, -0.2) is 36.5 Å². The second-order valence-electron chi connectivity index (χ2n) is 6.15. The second kappa shape index (κ2) is 6.73. The highest BCUT2D eigenvalue weighted by Crippen LogP contribution is 2.23. The van der Waals surface area contributed by atoms with Gasteiger partial charge in [0.25, 0.3) is 0 Å². The van der Waals surface area contributed by atoms with Gasteiger partial charge in [0, 0.05) is 24.9 Å². The number of hydrogen-bond donors (Lipinski definition) is 0. The van der Waals surface area contributed by atoms with E-state index in [0.717, 1.165) is 25.9 Å². The molecule has 1 heterocycles. The van der Waals surface area contributed by atoms with E-state index in [0.29, 0.717) is 12.0 Å². The Kier molecular flexibility index (Phi) is 5.58. The van der Waals surface area contributed by atoms with E-state index < -0.39 is 0 Å². The Bertz CT molecular complexity index is 354. The Balaban J connectivity index is 2.39. The van der Waals surface area contributed by atoms with E-state index in [-0.39, 0.29) is 23.9 Å². The zero-order valence-electron chi connectivity index (χ0n) is 12.3. The molecule has 1 saturated heterocycles. The number of carbonyl (C=O) groups is 2. The molecule has 0 spiro atoms. The Morgan fingerprint density at radius 1 is 1.21 bits per heavy atom. The molecule has 4 heteroatoms. The number of rotatable bonds is 5. The lowest BCUT2D eigenvalue weighted by Gasteiger charge is -2.29. The number of allylic oxidation sites excluding steroid dienone is 1. The number of Topliss-reactive ketones (excluding diaryl/α,β-unsaturated/α-hetero) is 1. The lowest BCUT2D eigenvalue weighted by Crippen LogP contribution is -2.38. The molecule has 4 nitrogen and oxygen atoms in total. The van der Waals surface area contributed by atoms with Crippen molar-refractivity contribution in [3.8, 4) is 0 Å². The van der Waals surface area contributed by atoms with Crippen LogP contribution in [0.2, 0.25) is 0 Å². The van der Waals surface area contributed by atoms with E-state index in [9.17, 15) is 9.59 Å². The van der Waals surface area contributed by atoms with E-state index in [2.05, 4.69) is 6.58 Å². The van der Waals surface area contributed by atoms with Crippen LogP contribution in [0.3, 0.4) is 0 Å².